The molecule has 144 valence electrons. The van der Waals surface area contributed by atoms with Gasteiger partial charge in [-0.2, -0.15) is 0 Å². The van der Waals surface area contributed by atoms with E-state index in [9.17, 15) is 9.59 Å². The van der Waals surface area contributed by atoms with Crippen LogP contribution in [0.1, 0.15) is 32.3 Å². The number of nitrogens with zero attached hydrogens (tertiary/aromatic N) is 1. The van der Waals surface area contributed by atoms with Crippen LogP contribution in [0.5, 0.6) is 5.75 Å². The minimum Gasteiger partial charge on any atom is -0.493 e. The van der Waals surface area contributed by atoms with Gasteiger partial charge in [-0.1, -0.05) is 18.2 Å². The summed E-state index contributed by atoms with van der Waals surface area (Å²) in [7, 11) is 1.32. The minimum atomic E-state index is -0.518. The van der Waals surface area contributed by atoms with Crippen molar-refractivity contribution in [1.82, 2.24) is 4.90 Å². The van der Waals surface area contributed by atoms with E-state index >= 15 is 0 Å². The number of ether oxygens (including phenoxy) is 3. The largest absolute Gasteiger partial charge is 0.493 e. The number of methoxy groups -OCH3 is 1. The highest BCUT2D eigenvalue weighted by atomic mass is 16.5. The van der Waals surface area contributed by atoms with E-state index in [-0.39, 0.29) is 12.0 Å². The first-order chi connectivity index (χ1) is 13.1. The maximum absolute atomic E-state index is 13.1. The highest BCUT2D eigenvalue weighted by molar-refractivity contribution is 6.16. The summed E-state index contributed by atoms with van der Waals surface area (Å²) < 4.78 is 16.2. The third kappa shape index (κ3) is 3.90. The molecule has 6 heteroatoms. The molecule has 1 amide bonds. The van der Waals surface area contributed by atoms with E-state index in [1.165, 1.54) is 7.11 Å². The van der Waals surface area contributed by atoms with Gasteiger partial charge >= 0.3 is 5.97 Å². The predicted molar refractivity (Wildman–Crippen MR) is 101 cm³/mol. The van der Waals surface area contributed by atoms with Crippen LogP contribution in [0.2, 0.25) is 0 Å². The molecule has 0 aliphatic carbocycles. The molecule has 3 rings (SSSR count). The van der Waals surface area contributed by atoms with Gasteiger partial charge in [-0.05, 0) is 38.8 Å². The lowest BCUT2D eigenvalue weighted by atomic mass is 10.0. The smallest absolute Gasteiger partial charge is 0.340 e. The fourth-order valence-electron chi connectivity index (χ4n) is 3.48. The molecule has 2 aliphatic heterocycles. The Bertz CT molecular complexity index is 790. The van der Waals surface area contributed by atoms with Crippen molar-refractivity contribution in [3.63, 3.8) is 0 Å². The molecule has 1 atom stereocenters. The van der Waals surface area contributed by atoms with Crippen molar-refractivity contribution in [3.05, 3.63) is 46.7 Å². The van der Waals surface area contributed by atoms with Crippen molar-refractivity contribution in [2.75, 3.05) is 26.9 Å². The Morgan fingerprint density at radius 3 is 2.81 bits per heavy atom. The molecule has 1 aromatic rings. The standard InChI is InChI=1S/C21H25NO5/c1-4-26-18-10-6-5-8-15(18)12-17-19(21(24)25-3)14(2)22(20(17)23)13-16-9-7-11-27-16/h5-6,8,10,12,16H,4,7,9,11,13H2,1-3H3/b17-12-/t16-/m1/s1. The molecule has 1 saturated heterocycles. The Morgan fingerprint density at radius 1 is 1.37 bits per heavy atom. The third-order valence-electron chi connectivity index (χ3n) is 4.83. The Kier molecular flexibility index (Phi) is 5.96. The normalized spacial score (nSPS) is 21.3. The van der Waals surface area contributed by atoms with Crippen molar-refractivity contribution in [2.45, 2.75) is 32.8 Å². The second-order valence-electron chi connectivity index (χ2n) is 6.53. The van der Waals surface area contributed by atoms with Crippen molar-refractivity contribution >= 4 is 18.0 Å². The third-order valence-corrected chi connectivity index (χ3v) is 4.83. The Labute approximate surface area is 159 Å². The summed E-state index contributed by atoms with van der Waals surface area (Å²) in [5.74, 6) is -0.0646. The first-order valence-corrected chi connectivity index (χ1v) is 9.23. The van der Waals surface area contributed by atoms with Crippen LogP contribution >= 0.6 is 0 Å². The van der Waals surface area contributed by atoms with Gasteiger partial charge in [-0.25, -0.2) is 4.79 Å². The summed E-state index contributed by atoms with van der Waals surface area (Å²) in [5, 5.41) is 0. The van der Waals surface area contributed by atoms with Crippen molar-refractivity contribution in [2.24, 2.45) is 0 Å². The maximum Gasteiger partial charge on any atom is 0.340 e. The number of carbonyl (C=O) groups excluding carboxylic acids is 2. The lowest BCUT2D eigenvalue weighted by Gasteiger charge is -2.21. The van der Waals surface area contributed by atoms with Crippen LogP contribution in [0.3, 0.4) is 0 Å². The first kappa shape index (κ1) is 19.2. The van der Waals surface area contributed by atoms with Gasteiger partial charge in [0.25, 0.3) is 5.91 Å². The molecule has 0 aromatic heterocycles. The van der Waals surface area contributed by atoms with Gasteiger partial charge in [0.2, 0.25) is 0 Å². The fraction of sp³-hybridized carbons (Fsp3) is 0.429. The van der Waals surface area contributed by atoms with Gasteiger partial charge in [0.15, 0.2) is 0 Å². The van der Waals surface area contributed by atoms with Gasteiger partial charge in [0.05, 0.1) is 37.5 Å². The van der Waals surface area contributed by atoms with E-state index in [1.54, 1.807) is 17.9 Å². The van der Waals surface area contributed by atoms with E-state index in [2.05, 4.69) is 0 Å². The summed E-state index contributed by atoms with van der Waals surface area (Å²) in [6.07, 6.45) is 3.61. The van der Waals surface area contributed by atoms with E-state index in [4.69, 9.17) is 14.2 Å². The lowest BCUT2D eigenvalue weighted by molar-refractivity contribution is -0.136. The number of hydrogen-bond acceptors (Lipinski definition) is 5. The average Bonchev–Trinajstić information content (AvgIpc) is 3.26. The summed E-state index contributed by atoms with van der Waals surface area (Å²) in [5.41, 5.74) is 1.97. The average molecular weight is 371 g/mol. The molecule has 0 saturated carbocycles. The topological polar surface area (TPSA) is 65.1 Å². The van der Waals surface area contributed by atoms with Crippen LogP contribution in [0.15, 0.2) is 41.1 Å². The fourth-order valence-corrected chi connectivity index (χ4v) is 3.48. The SMILES string of the molecule is CCOc1ccccc1/C=C1\C(=O)N(C[C@H]2CCCO2)C(C)=C1C(=O)OC. The maximum atomic E-state index is 13.1. The molecule has 2 aliphatic rings. The Morgan fingerprint density at radius 2 is 2.15 bits per heavy atom. The quantitative estimate of drug-likeness (QED) is 0.568. The molecule has 2 heterocycles. The molecule has 1 aromatic carbocycles. The zero-order valence-electron chi connectivity index (χ0n) is 16.0. The predicted octanol–water partition coefficient (Wildman–Crippen LogP) is 2.94. The number of rotatable bonds is 6. The molecule has 0 radical (unpaired) electrons. The van der Waals surface area contributed by atoms with E-state index in [0.717, 1.165) is 18.4 Å². The van der Waals surface area contributed by atoms with Crippen LogP contribution in [0.25, 0.3) is 6.08 Å². The number of benzene rings is 1. The lowest BCUT2D eigenvalue weighted by Crippen LogP contribution is -2.33. The molecule has 0 unspecified atom stereocenters. The first-order valence-electron chi connectivity index (χ1n) is 9.23. The number of allylic oxidation sites excluding steroid dienone is 1. The number of carbonyl (C=O) groups is 2. The van der Waals surface area contributed by atoms with Gasteiger partial charge < -0.3 is 19.1 Å². The van der Waals surface area contributed by atoms with E-state index < -0.39 is 5.97 Å². The van der Waals surface area contributed by atoms with Crippen LogP contribution in [-0.4, -0.2) is 49.7 Å². The van der Waals surface area contributed by atoms with Crippen LogP contribution in [0.4, 0.5) is 0 Å². The van der Waals surface area contributed by atoms with Gasteiger partial charge in [-0.3, -0.25) is 4.79 Å². The summed E-state index contributed by atoms with van der Waals surface area (Å²) in [6, 6.07) is 7.44. The van der Waals surface area contributed by atoms with Crippen LogP contribution in [0, 0.1) is 0 Å². The summed E-state index contributed by atoms with van der Waals surface area (Å²) >= 11 is 0. The van der Waals surface area contributed by atoms with Crippen molar-refractivity contribution in [3.8, 4) is 5.75 Å². The highest BCUT2D eigenvalue weighted by Crippen LogP contribution is 2.34. The Balaban J connectivity index is 2.00. The zero-order valence-corrected chi connectivity index (χ0v) is 16.0. The molecular formula is C21H25NO5. The van der Waals surface area contributed by atoms with E-state index in [1.807, 2.05) is 31.2 Å². The number of amides is 1. The zero-order chi connectivity index (χ0) is 19.4. The number of esters is 1. The molecule has 1 fully saturated rings. The summed E-state index contributed by atoms with van der Waals surface area (Å²) in [4.78, 5) is 27.1. The Hall–Kier alpha value is -2.60. The molecule has 0 bridgehead atoms. The van der Waals surface area contributed by atoms with Gasteiger partial charge in [-0.15, -0.1) is 0 Å². The van der Waals surface area contributed by atoms with Gasteiger partial charge in [0.1, 0.15) is 5.75 Å². The number of para-hydroxylation sites is 1. The molecule has 27 heavy (non-hydrogen) atoms. The van der Waals surface area contributed by atoms with Gasteiger partial charge in [0, 0.05) is 17.9 Å². The van der Waals surface area contributed by atoms with Crippen molar-refractivity contribution in [1.29, 1.82) is 0 Å². The summed E-state index contributed by atoms with van der Waals surface area (Å²) in [6.45, 7) is 5.34. The van der Waals surface area contributed by atoms with E-state index in [0.29, 0.717) is 42.4 Å². The minimum absolute atomic E-state index is 0.00198. The molecule has 6 nitrogen and oxygen atoms in total. The highest BCUT2D eigenvalue weighted by Gasteiger charge is 2.38. The van der Waals surface area contributed by atoms with Crippen LogP contribution < -0.4 is 4.74 Å². The second kappa shape index (κ2) is 8.39. The molecule has 0 spiro atoms. The molecule has 0 N–H and O–H groups in total. The van der Waals surface area contributed by atoms with Crippen LogP contribution in [-0.2, 0) is 19.1 Å². The monoisotopic (exact) mass is 371 g/mol. The molecular weight excluding hydrogens is 346 g/mol. The second-order valence-corrected chi connectivity index (χ2v) is 6.53. The number of hydrogen-bond donors (Lipinski definition) is 0. The van der Waals surface area contributed by atoms with Crippen molar-refractivity contribution < 1.29 is 23.8 Å².